The van der Waals surface area contributed by atoms with Crippen LogP contribution in [-0.4, -0.2) is 31.8 Å². The van der Waals surface area contributed by atoms with Crippen LogP contribution in [0.4, 0.5) is 5.69 Å². The Kier molecular flexibility index (Phi) is 6.01. The number of benzene rings is 1. The van der Waals surface area contributed by atoms with Crippen molar-refractivity contribution in [3.63, 3.8) is 0 Å². The third-order valence-electron chi connectivity index (χ3n) is 2.94. The molecule has 112 valence electrons. The van der Waals surface area contributed by atoms with Crippen molar-refractivity contribution < 1.29 is 18.3 Å². The SMILES string of the molecule is CCCCS(=O)(=O)N(CCC(=O)O)c1ccc(C)cc1. The first kappa shape index (κ1) is 16.5. The molecule has 0 aromatic heterocycles. The lowest BCUT2D eigenvalue weighted by atomic mass is 10.2. The molecule has 20 heavy (non-hydrogen) atoms. The lowest BCUT2D eigenvalue weighted by Gasteiger charge is -2.24. The highest BCUT2D eigenvalue weighted by Gasteiger charge is 2.22. The summed E-state index contributed by atoms with van der Waals surface area (Å²) in [5, 5.41) is 8.77. The van der Waals surface area contributed by atoms with Crippen LogP contribution in [0.2, 0.25) is 0 Å². The molecule has 0 spiro atoms. The Morgan fingerprint density at radius 1 is 1.25 bits per heavy atom. The molecule has 1 N–H and O–H groups in total. The fourth-order valence-electron chi connectivity index (χ4n) is 1.77. The third kappa shape index (κ3) is 4.85. The van der Waals surface area contributed by atoms with E-state index in [0.29, 0.717) is 12.1 Å². The molecule has 0 atom stereocenters. The number of sulfonamides is 1. The van der Waals surface area contributed by atoms with Gasteiger partial charge in [-0.05, 0) is 25.5 Å². The molecule has 0 aliphatic rings. The first-order valence-corrected chi connectivity index (χ1v) is 8.26. The predicted molar refractivity (Wildman–Crippen MR) is 79.5 cm³/mol. The summed E-state index contributed by atoms with van der Waals surface area (Å²) in [4.78, 5) is 10.7. The maximum atomic E-state index is 12.3. The molecule has 0 heterocycles. The highest BCUT2D eigenvalue weighted by molar-refractivity contribution is 7.92. The second kappa shape index (κ2) is 7.28. The van der Waals surface area contributed by atoms with E-state index in [1.54, 1.807) is 12.1 Å². The Morgan fingerprint density at radius 2 is 1.85 bits per heavy atom. The van der Waals surface area contributed by atoms with Crippen molar-refractivity contribution in [2.24, 2.45) is 0 Å². The van der Waals surface area contributed by atoms with Gasteiger partial charge in [-0.1, -0.05) is 31.0 Å². The molecule has 0 saturated heterocycles. The van der Waals surface area contributed by atoms with E-state index in [1.807, 2.05) is 26.0 Å². The summed E-state index contributed by atoms with van der Waals surface area (Å²) in [6, 6.07) is 7.05. The van der Waals surface area contributed by atoms with Crippen LogP contribution in [0.3, 0.4) is 0 Å². The van der Waals surface area contributed by atoms with Crippen molar-refractivity contribution >= 4 is 21.7 Å². The van der Waals surface area contributed by atoms with Crippen molar-refractivity contribution in [2.75, 3.05) is 16.6 Å². The van der Waals surface area contributed by atoms with Gasteiger partial charge < -0.3 is 5.11 Å². The molecule has 1 rings (SSSR count). The van der Waals surface area contributed by atoms with Gasteiger partial charge >= 0.3 is 5.97 Å². The molecule has 1 aromatic carbocycles. The van der Waals surface area contributed by atoms with E-state index < -0.39 is 16.0 Å². The summed E-state index contributed by atoms with van der Waals surface area (Å²) in [6.07, 6.45) is 1.14. The van der Waals surface area contributed by atoms with Gasteiger partial charge in [0.15, 0.2) is 0 Å². The fourth-order valence-corrected chi connectivity index (χ4v) is 3.46. The molecular weight excluding hydrogens is 278 g/mol. The van der Waals surface area contributed by atoms with Crippen molar-refractivity contribution in [1.29, 1.82) is 0 Å². The number of carboxylic acids is 1. The Balaban J connectivity index is 3.01. The van der Waals surface area contributed by atoms with Crippen molar-refractivity contribution in [2.45, 2.75) is 33.1 Å². The van der Waals surface area contributed by atoms with Crippen LogP contribution in [0.1, 0.15) is 31.7 Å². The maximum Gasteiger partial charge on any atom is 0.305 e. The Labute approximate surface area is 120 Å². The average molecular weight is 299 g/mol. The molecule has 0 fully saturated rings. The van der Waals surface area contributed by atoms with Crippen molar-refractivity contribution in [1.82, 2.24) is 0 Å². The topological polar surface area (TPSA) is 74.7 Å². The Hall–Kier alpha value is -1.56. The smallest absolute Gasteiger partial charge is 0.305 e. The highest BCUT2D eigenvalue weighted by Crippen LogP contribution is 2.20. The molecular formula is C14H21NO4S. The Bertz CT molecular complexity index is 537. The second-order valence-corrected chi connectivity index (χ2v) is 6.73. The van der Waals surface area contributed by atoms with E-state index in [2.05, 4.69) is 0 Å². The Morgan fingerprint density at radius 3 is 2.35 bits per heavy atom. The summed E-state index contributed by atoms with van der Waals surface area (Å²) in [7, 11) is -3.48. The van der Waals surface area contributed by atoms with Gasteiger partial charge in [-0.15, -0.1) is 0 Å². The number of nitrogens with zero attached hydrogens (tertiary/aromatic N) is 1. The van der Waals surface area contributed by atoms with Crippen LogP contribution in [0.25, 0.3) is 0 Å². The minimum absolute atomic E-state index is 0.0373. The quantitative estimate of drug-likeness (QED) is 0.800. The van der Waals surface area contributed by atoms with Crippen LogP contribution in [-0.2, 0) is 14.8 Å². The van der Waals surface area contributed by atoms with Crippen LogP contribution >= 0.6 is 0 Å². The van der Waals surface area contributed by atoms with E-state index in [9.17, 15) is 13.2 Å². The third-order valence-corrected chi connectivity index (χ3v) is 4.81. The van der Waals surface area contributed by atoms with Crippen molar-refractivity contribution in [3.8, 4) is 0 Å². The number of unbranched alkanes of at least 4 members (excludes halogenated alkanes) is 1. The van der Waals surface area contributed by atoms with Gasteiger partial charge in [0.25, 0.3) is 0 Å². The van der Waals surface area contributed by atoms with Gasteiger partial charge in [-0.25, -0.2) is 8.42 Å². The monoisotopic (exact) mass is 299 g/mol. The zero-order valence-electron chi connectivity index (χ0n) is 11.9. The van der Waals surface area contributed by atoms with Gasteiger partial charge in [0.1, 0.15) is 0 Å². The number of carbonyl (C=O) groups is 1. The lowest BCUT2D eigenvalue weighted by Crippen LogP contribution is -2.34. The van der Waals surface area contributed by atoms with Crippen molar-refractivity contribution in [3.05, 3.63) is 29.8 Å². The van der Waals surface area contributed by atoms with E-state index in [0.717, 1.165) is 12.0 Å². The van der Waals surface area contributed by atoms with Crippen LogP contribution in [0.15, 0.2) is 24.3 Å². The zero-order valence-corrected chi connectivity index (χ0v) is 12.7. The number of hydrogen-bond acceptors (Lipinski definition) is 3. The number of anilines is 1. The summed E-state index contributed by atoms with van der Waals surface area (Å²) in [5.41, 5.74) is 1.55. The second-order valence-electron chi connectivity index (χ2n) is 4.72. The summed E-state index contributed by atoms with van der Waals surface area (Å²) < 4.78 is 25.8. The average Bonchev–Trinajstić information content (AvgIpc) is 2.38. The number of hydrogen-bond donors (Lipinski definition) is 1. The van der Waals surface area contributed by atoms with Crippen LogP contribution in [0.5, 0.6) is 0 Å². The number of aryl methyl sites for hydroxylation is 1. The molecule has 0 saturated carbocycles. The first-order chi connectivity index (χ1) is 9.36. The molecule has 1 aromatic rings. The first-order valence-electron chi connectivity index (χ1n) is 6.65. The highest BCUT2D eigenvalue weighted by atomic mass is 32.2. The molecule has 6 heteroatoms. The normalized spacial score (nSPS) is 11.3. The molecule has 0 amide bonds. The van der Waals surface area contributed by atoms with E-state index in [1.165, 1.54) is 4.31 Å². The molecule has 0 bridgehead atoms. The van der Waals surface area contributed by atoms with Gasteiger partial charge in [0.05, 0.1) is 17.9 Å². The largest absolute Gasteiger partial charge is 0.481 e. The summed E-state index contributed by atoms with van der Waals surface area (Å²) in [6.45, 7) is 3.80. The van der Waals surface area contributed by atoms with Crippen LogP contribution < -0.4 is 4.31 Å². The number of aliphatic carboxylic acids is 1. The standard InChI is InChI=1S/C14H21NO4S/c1-3-4-11-20(18,19)15(10-9-14(16)17)13-7-5-12(2)6-8-13/h5-8H,3-4,9-11H2,1-2H3,(H,16,17). The zero-order chi connectivity index (χ0) is 15.2. The van der Waals surface area contributed by atoms with E-state index >= 15 is 0 Å². The van der Waals surface area contributed by atoms with Gasteiger partial charge in [-0.2, -0.15) is 0 Å². The minimum atomic E-state index is -3.48. The van der Waals surface area contributed by atoms with Gasteiger partial charge in [0.2, 0.25) is 10.0 Å². The molecule has 0 unspecified atom stereocenters. The summed E-state index contributed by atoms with van der Waals surface area (Å²) >= 11 is 0. The van der Waals surface area contributed by atoms with Crippen LogP contribution in [0, 0.1) is 6.92 Å². The van der Waals surface area contributed by atoms with E-state index in [-0.39, 0.29) is 18.7 Å². The lowest BCUT2D eigenvalue weighted by molar-refractivity contribution is -0.136. The van der Waals surface area contributed by atoms with E-state index in [4.69, 9.17) is 5.11 Å². The molecule has 0 aliphatic heterocycles. The minimum Gasteiger partial charge on any atom is -0.481 e. The van der Waals surface area contributed by atoms with Gasteiger partial charge in [-0.3, -0.25) is 9.10 Å². The predicted octanol–water partition coefficient (Wildman–Crippen LogP) is 2.41. The fraction of sp³-hybridized carbons (Fsp3) is 0.500. The molecule has 5 nitrogen and oxygen atoms in total. The number of carboxylic acid groups (broad SMARTS) is 1. The number of rotatable bonds is 8. The molecule has 0 radical (unpaired) electrons. The molecule has 0 aliphatic carbocycles. The maximum absolute atomic E-state index is 12.3. The van der Waals surface area contributed by atoms with Gasteiger partial charge in [0, 0.05) is 6.54 Å². The summed E-state index contributed by atoms with van der Waals surface area (Å²) in [5.74, 6) is -0.968.